The van der Waals surface area contributed by atoms with Gasteiger partial charge in [-0.05, 0) is 19.5 Å². The average molecular weight is 205 g/mol. The molecule has 0 aromatic rings. The van der Waals surface area contributed by atoms with Gasteiger partial charge in [-0.2, -0.15) is 0 Å². The molecule has 0 amide bonds. The van der Waals surface area contributed by atoms with Crippen LogP contribution in [0.2, 0.25) is 0 Å². The predicted molar refractivity (Wildman–Crippen MR) is 56.6 cm³/mol. The average Bonchev–Trinajstić information content (AvgIpc) is 2.22. The number of β-amino-alcohol motifs (C(OH)–C–C–N with tert-alkyl or cyclic N) is 2. The normalized spacial score (nSPS) is 28.1. The van der Waals surface area contributed by atoms with Crippen LogP contribution in [0.25, 0.3) is 0 Å². The zero-order chi connectivity index (χ0) is 11.0. The fraction of sp³-hybridized carbons (Fsp3) is 1.00. The minimum Gasteiger partial charge on any atom is -0.377 e. The molecule has 14 heavy (non-hydrogen) atoms. The van der Waals surface area contributed by atoms with Gasteiger partial charge in [0.15, 0.2) is 0 Å². The highest BCUT2D eigenvalue weighted by Crippen LogP contribution is 2.01. The molecular formula is C9H23N3O2. The molecule has 1 rings (SSSR count). The van der Waals surface area contributed by atoms with Gasteiger partial charge in [0.05, 0.1) is 0 Å². The van der Waals surface area contributed by atoms with Crippen LogP contribution in [0, 0.1) is 0 Å². The van der Waals surface area contributed by atoms with E-state index in [1.165, 1.54) is 0 Å². The SMILES string of the molecule is CCCN.CCN1CC(O)NCC1O. The van der Waals surface area contributed by atoms with E-state index in [4.69, 9.17) is 10.8 Å². The van der Waals surface area contributed by atoms with Crippen LogP contribution in [0.3, 0.4) is 0 Å². The number of rotatable bonds is 2. The van der Waals surface area contributed by atoms with Gasteiger partial charge in [-0.3, -0.25) is 10.2 Å². The highest BCUT2D eigenvalue weighted by molar-refractivity contribution is 4.72. The molecule has 5 heteroatoms. The van der Waals surface area contributed by atoms with Crippen LogP contribution in [0.15, 0.2) is 0 Å². The van der Waals surface area contributed by atoms with Crippen LogP contribution < -0.4 is 11.1 Å². The number of nitrogens with one attached hydrogen (secondary N) is 1. The molecule has 0 radical (unpaired) electrons. The molecule has 0 aromatic carbocycles. The summed E-state index contributed by atoms with van der Waals surface area (Å²) in [4.78, 5) is 1.82. The van der Waals surface area contributed by atoms with Crippen molar-refractivity contribution in [1.29, 1.82) is 0 Å². The van der Waals surface area contributed by atoms with E-state index >= 15 is 0 Å². The second-order valence-corrected chi connectivity index (χ2v) is 3.28. The number of aliphatic hydroxyl groups is 2. The highest BCUT2D eigenvalue weighted by Gasteiger charge is 2.22. The molecule has 1 fully saturated rings. The standard InChI is InChI=1S/C6H14N2O2.C3H9N/c1-2-8-4-5(9)7-3-6(8)10;1-2-3-4/h5-7,9-10H,2-4H2,1H3;2-4H2,1H3. The molecule has 5 nitrogen and oxygen atoms in total. The van der Waals surface area contributed by atoms with Crippen molar-refractivity contribution >= 4 is 0 Å². The van der Waals surface area contributed by atoms with Gasteiger partial charge in [-0.15, -0.1) is 0 Å². The second-order valence-electron chi connectivity index (χ2n) is 3.28. The molecule has 1 heterocycles. The number of hydrogen-bond donors (Lipinski definition) is 4. The zero-order valence-corrected chi connectivity index (χ0v) is 9.11. The maximum Gasteiger partial charge on any atom is 0.120 e. The van der Waals surface area contributed by atoms with E-state index < -0.39 is 12.5 Å². The van der Waals surface area contributed by atoms with Crippen molar-refractivity contribution in [3.63, 3.8) is 0 Å². The van der Waals surface area contributed by atoms with Crippen molar-refractivity contribution in [3.8, 4) is 0 Å². The van der Waals surface area contributed by atoms with E-state index in [9.17, 15) is 5.11 Å². The van der Waals surface area contributed by atoms with E-state index in [0.717, 1.165) is 19.5 Å². The third-order valence-electron chi connectivity index (χ3n) is 2.06. The third kappa shape index (κ3) is 5.51. The quantitative estimate of drug-likeness (QED) is 0.460. The van der Waals surface area contributed by atoms with Crippen LogP contribution in [-0.2, 0) is 0 Å². The van der Waals surface area contributed by atoms with Gasteiger partial charge >= 0.3 is 0 Å². The molecule has 0 spiro atoms. The number of nitrogens with zero attached hydrogens (tertiary/aromatic N) is 1. The van der Waals surface area contributed by atoms with E-state index in [2.05, 4.69) is 12.2 Å². The van der Waals surface area contributed by atoms with E-state index in [-0.39, 0.29) is 0 Å². The molecular weight excluding hydrogens is 182 g/mol. The van der Waals surface area contributed by atoms with E-state index in [1.54, 1.807) is 0 Å². The first-order chi connectivity index (χ1) is 6.65. The van der Waals surface area contributed by atoms with Gasteiger partial charge in [-0.1, -0.05) is 13.8 Å². The molecule has 5 N–H and O–H groups in total. The lowest BCUT2D eigenvalue weighted by Crippen LogP contribution is -2.56. The smallest absolute Gasteiger partial charge is 0.120 e. The predicted octanol–water partition coefficient (Wildman–Crippen LogP) is -1.10. The Bertz CT molecular complexity index is 133. The molecule has 0 aromatic heterocycles. The van der Waals surface area contributed by atoms with Gasteiger partial charge in [0.1, 0.15) is 12.5 Å². The molecule has 2 atom stereocenters. The summed E-state index contributed by atoms with van der Waals surface area (Å²) < 4.78 is 0. The number of likely N-dealkylation sites (N-methyl/N-ethyl adjacent to an activating group) is 1. The van der Waals surface area contributed by atoms with Gasteiger partial charge < -0.3 is 15.9 Å². The molecule has 86 valence electrons. The van der Waals surface area contributed by atoms with Crippen molar-refractivity contribution in [1.82, 2.24) is 10.2 Å². The van der Waals surface area contributed by atoms with Gasteiger partial charge in [0, 0.05) is 13.1 Å². The Morgan fingerprint density at radius 1 is 1.43 bits per heavy atom. The Labute approximate surface area is 85.9 Å². The lowest BCUT2D eigenvalue weighted by Gasteiger charge is -2.34. The van der Waals surface area contributed by atoms with Crippen molar-refractivity contribution in [2.45, 2.75) is 32.7 Å². The van der Waals surface area contributed by atoms with Crippen LogP contribution in [0.5, 0.6) is 0 Å². The summed E-state index contributed by atoms with van der Waals surface area (Å²) in [6.07, 6.45) is 0.178. The largest absolute Gasteiger partial charge is 0.377 e. The van der Waals surface area contributed by atoms with Crippen LogP contribution in [0.4, 0.5) is 0 Å². The topological polar surface area (TPSA) is 81.8 Å². The Morgan fingerprint density at radius 2 is 2.00 bits per heavy atom. The molecule has 0 saturated carbocycles. The second kappa shape index (κ2) is 8.14. The monoisotopic (exact) mass is 205 g/mol. The summed E-state index contributed by atoms with van der Waals surface area (Å²) in [6, 6.07) is 0. The Morgan fingerprint density at radius 3 is 2.36 bits per heavy atom. The van der Waals surface area contributed by atoms with E-state index in [0.29, 0.717) is 13.1 Å². The third-order valence-corrected chi connectivity index (χ3v) is 2.06. The summed E-state index contributed by atoms with van der Waals surface area (Å²) in [7, 11) is 0. The first kappa shape index (κ1) is 13.8. The number of nitrogens with two attached hydrogens (primary N) is 1. The Hall–Kier alpha value is -0.200. The van der Waals surface area contributed by atoms with Crippen molar-refractivity contribution < 1.29 is 10.2 Å². The minimum absolute atomic E-state index is 0.437. The van der Waals surface area contributed by atoms with Gasteiger partial charge in [0.25, 0.3) is 0 Å². The summed E-state index contributed by atoms with van der Waals surface area (Å²) in [6.45, 7) is 6.58. The van der Waals surface area contributed by atoms with Crippen molar-refractivity contribution in [3.05, 3.63) is 0 Å². The Balaban J connectivity index is 0.000000364. The molecule has 2 unspecified atom stereocenters. The number of aliphatic hydroxyl groups excluding tert-OH is 2. The zero-order valence-electron chi connectivity index (χ0n) is 9.11. The Kier molecular flexibility index (Phi) is 8.02. The fourth-order valence-electron chi connectivity index (χ4n) is 1.12. The number of piperazine rings is 1. The molecule has 0 aliphatic carbocycles. The van der Waals surface area contributed by atoms with Crippen LogP contribution >= 0.6 is 0 Å². The highest BCUT2D eigenvalue weighted by atomic mass is 16.3. The lowest BCUT2D eigenvalue weighted by atomic mass is 10.3. The minimum atomic E-state index is -0.483. The van der Waals surface area contributed by atoms with Crippen molar-refractivity contribution in [2.24, 2.45) is 5.73 Å². The first-order valence-corrected chi connectivity index (χ1v) is 5.19. The summed E-state index contributed by atoms with van der Waals surface area (Å²) >= 11 is 0. The molecule has 0 bridgehead atoms. The summed E-state index contributed by atoms with van der Waals surface area (Å²) in [5.41, 5.74) is 5.03. The molecule has 1 aliphatic heterocycles. The molecule has 1 aliphatic rings. The summed E-state index contributed by atoms with van der Waals surface area (Å²) in [5.74, 6) is 0. The number of hydrogen-bond acceptors (Lipinski definition) is 5. The van der Waals surface area contributed by atoms with E-state index in [1.807, 2.05) is 11.8 Å². The maximum atomic E-state index is 9.24. The molecule has 1 saturated heterocycles. The van der Waals surface area contributed by atoms with Gasteiger partial charge in [0.2, 0.25) is 0 Å². The van der Waals surface area contributed by atoms with Gasteiger partial charge in [-0.25, -0.2) is 0 Å². The lowest BCUT2D eigenvalue weighted by molar-refractivity contribution is -0.0643. The van der Waals surface area contributed by atoms with Crippen molar-refractivity contribution in [2.75, 3.05) is 26.2 Å². The van der Waals surface area contributed by atoms with Crippen LogP contribution in [-0.4, -0.2) is 53.7 Å². The first-order valence-electron chi connectivity index (χ1n) is 5.19. The van der Waals surface area contributed by atoms with Crippen LogP contribution in [0.1, 0.15) is 20.3 Å². The maximum absolute atomic E-state index is 9.24. The summed E-state index contributed by atoms with van der Waals surface area (Å²) in [5, 5.41) is 21.1. The fourth-order valence-corrected chi connectivity index (χ4v) is 1.12.